The normalized spacial score (nSPS) is 25.7. The number of carbonyl (C=O) groups is 1. The van der Waals surface area contributed by atoms with Crippen LogP contribution in [-0.4, -0.2) is 23.5 Å². The van der Waals surface area contributed by atoms with Gasteiger partial charge in [0, 0.05) is 24.2 Å². The van der Waals surface area contributed by atoms with Crippen molar-refractivity contribution in [2.75, 3.05) is 6.54 Å². The molecule has 1 atom stereocenters. The van der Waals surface area contributed by atoms with Crippen molar-refractivity contribution in [2.45, 2.75) is 33.2 Å². The second-order valence-electron chi connectivity index (χ2n) is 4.60. The summed E-state index contributed by atoms with van der Waals surface area (Å²) in [6.07, 6.45) is 5.43. The highest BCUT2D eigenvalue weighted by Crippen LogP contribution is 2.30. The van der Waals surface area contributed by atoms with Crippen LogP contribution in [0.15, 0.2) is 23.4 Å². The first kappa shape index (κ1) is 10.3. The zero-order valence-corrected chi connectivity index (χ0v) is 9.58. The quantitative estimate of drug-likeness (QED) is 0.701. The van der Waals surface area contributed by atoms with Crippen LogP contribution < -0.4 is 5.32 Å². The molecular formula is C12H18N2O. The van der Waals surface area contributed by atoms with Gasteiger partial charge in [-0.1, -0.05) is 11.6 Å². The van der Waals surface area contributed by atoms with E-state index in [1.54, 1.807) is 0 Å². The first-order valence-electron chi connectivity index (χ1n) is 5.55. The molecule has 0 radical (unpaired) electrons. The summed E-state index contributed by atoms with van der Waals surface area (Å²) < 4.78 is 0. The standard InChI is InChI=1S/C12H18N2O/c1-8(2)14-11-6-9(3)4-5-10(11)7-13-12(14)15/h4,6,8,10H,5,7H2,1-3H3,(H,13,15). The van der Waals surface area contributed by atoms with E-state index < -0.39 is 0 Å². The fourth-order valence-electron chi connectivity index (χ4n) is 2.26. The Morgan fingerprint density at radius 3 is 2.93 bits per heavy atom. The SMILES string of the molecule is CC1=CCC2CNC(=O)N(C(C)C)C2=C1. The lowest BCUT2D eigenvalue weighted by atomic mass is 9.90. The highest BCUT2D eigenvalue weighted by Gasteiger charge is 2.32. The van der Waals surface area contributed by atoms with Crippen LogP contribution in [0.4, 0.5) is 4.79 Å². The van der Waals surface area contributed by atoms with Crippen molar-refractivity contribution in [1.29, 1.82) is 0 Å². The fourth-order valence-corrected chi connectivity index (χ4v) is 2.26. The minimum atomic E-state index is 0.0437. The molecule has 0 saturated carbocycles. The third-order valence-electron chi connectivity index (χ3n) is 3.03. The van der Waals surface area contributed by atoms with E-state index in [-0.39, 0.29) is 12.1 Å². The molecule has 15 heavy (non-hydrogen) atoms. The van der Waals surface area contributed by atoms with Gasteiger partial charge in [-0.15, -0.1) is 0 Å². The van der Waals surface area contributed by atoms with Crippen molar-refractivity contribution >= 4 is 6.03 Å². The Morgan fingerprint density at radius 2 is 2.27 bits per heavy atom. The predicted octanol–water partition coefficient (Wildman–Crippen LogP) is 2.27. The Hall–Kier alpha value is -1.25. The number of fused-ring (bicyclic) bond motifs is 1. The molecule has 2 rings (SSSR count). The van der Waals surface area contributed by atoms with Gasteiger partial charge in [0.2, 0.25) is 0 Å². The van der Waals surface area contributed by atoms with Crippen molar-refractivity contribution in [3.05, 3.63) is 23.4 Å². The minimum Gasteiger partial charge on any atom is -0.337 e. The van der Waals surface area contributed by atoms with E-state index in [0.717, 1.165) is 13.0 Å². The first-order valence-corrected chi connectivity index (χ1v) is 5.55. The summed E-state index contributed by atoms with van der Waals surface area (Å²) in [5, 5.41) is 2.94. The molecule has 2 aliphatic rings. The van der Waals surface area contributed by atoms with Crippen molar-refractivity contribution in [1.82, 2.24) is 10.2 Å². The molecule has 1 fully saturated rings. The lowest BCUT2D eigenvalue weighted by molar-refractivity contribution is 0.178. The number of nitrogens with one attached hydrogen (secondary N) is 1. The average Bonchev–Trinajstić information content (AvgIpc) is 2.16. The Bertz CT molecular complexity index is 342. The summed E-state index contributed by atoms with van der Waals surface area (Å²) in [6.45, 7) is 6.97. The number of urea groups is 1. The molecular weight excluding hydrogens is 188 g/mol. The molecule has 3 heteroatoms. The van der Waals surface area contributed by atoms with Crippen LogP contribution in [0.2, 0.25) is 0 Å². The summed E-state index contributed by atoms with van der Waals surface area (Å²) in [6, 6.07) is 0.271. The van der Waals surface area contributed by atoms with Crippen molar-refractivity contribution in [2.24, 2.45) is 5.92 Å². The van der Waals surface area contributed by atoms with Crippen LogP contribution in [0.25, 0.3) is 0 Å². The molecule has 2 amide bonds. The fraction of sp³-hybridized carbons (Fsp3) is 0.583. The molecule has 0 spiro atoms. The molecule has 3 nitrogen and oxygen atoms in total. The van der Waals surface area contributed by atoms with Crippen LogP contribution in [0.3, 0.4) is 0 Å². The molecule has 0 aromatic heterocycles. The van der Waals surface area contributed by atoms with E-state index in [4.69, 9.17) is 0 Å². The third kappa shape index (κ3) is 1.78. The van der Waals surface area contributed by atoms with Gasteiger partial charge in [0.15, 0.2) is 0 Å². The maximum absolute atomic E-state index is 11.8. The molecule has 0 aromatic rings. The topological polar surface area (TPSA) is 32.3 Å². The molecule has 1 aliphatic heterocycles. The van der Waals surface area contributed by atoms with E-state index in [2.05, 4.69) is 38.2 Å². The van der Waals surface area contributed by atoms with Crippen LogP contribution in [0.5, 0.6) is 0 Å². The second-order valence-corrected chi connectivity index (χ2v) is 4.60. The minimum absolute atomic E-state index is 0.0437. The van der Waals surface area contributed by atoms with Crippen LogP contribution in [0.1, 0.15) is 27.2 Å². The third-order valence-corrected chi connectivity index (χ3v) is 3.03. The maximum atomic E-state index is 11.8. The Labute approximate surface area is 90.8 Å². The van der Waals surface area contributed by atoms with Crippen molar-refractivity contribution in [3.63, 3.8) is 0 Å². The second kappa shape index (κ2) is 3.72. The number of hydrogen-bond acceptors (Lipinski definition) is 1. The Kier molecular flexibility index (Phi) is 2.55. The van der Waals surface area contributed by atoms with Crippen molar-refractivity contribution in [3.8, 4) is 0 Å². The van der Waals surface area contributed by atoms with Gasteiger partial charge in [-0.2, -0.15) is 0 Å². The number of amides is 2. The summed E-state index contributed by atoms with van der Waals surface area (Å²) in [4.78, 5) is 13.6. The van der Waals surface area contributed by atoms with Gasteiger partial charge in [0.25, 0.3) is 0 Å². The summed E-state index contributed by atoms with van der Waals surface area (Å²) in [5.74, 6) is 0.466. The molecule has 0 aromatic carbocycles. The molecule has 1 heterocycles. The van der Waals surface area contributed by atoms with Gasteiger partial charge in [0.05, 0.1) is 0 Å². The first-order chi connectivity index (χ1) is 7.09. The molecule has 1 unspecified atom stereocenters. The molecule has 1 saturated heterocycles. The number of hydrogen-bond donors (Lipinski definition) is 1. The van der Waals surface area contributed by atoms with Crippen molar-refractivity contribution < 1.29 is 4.79 Å². The van der Waals surface area contributed by atoms with Gasteiger partial charge in [-0.25, -0.2) is 4.79 Å². The Morgan fingerprint density at radius 1 is 1.53 bits per heavy atom. The van der Waals surface area contributed by atoms with E-state index in [1.165, 1.54) is 11.3 Å². The summed E-state index contributed by atoms with van der Waals surface area (Å²) in [5.41, 5.74) is 2.45. The number of rotatable bonds is 1. The molecule has 82 valence electrons. The lowest BCUT2D eigenvalue weighted by Crippen LogP contribution is -2.52. The summed E-state index contributed by atoms with van der Waals surface area (Å²) >= 11 is 0. The number of carbonyl (C=O) groups excluding carboxylic acids is 1. The number of allylic oxidation sites excluding steroid dienone is 3. The maximum Gasteiger partial charge on any atom is 0.321 e. The van der Waals surface area contributed by atoms with Gasteiger partial charge >= 0.3 is 6.03 Å². The van der Waals surface area contributed by atoms with Gasteiger partial charge in [-0.3, -0.25) is 4.90 Å². The average molecular weight is 206 g/mol. The van der Waals surface area contributed by atoms with Crippen LogP contribution in [0, 0.1) is 5.92 Å². The van der Waals surface area contributed by atoms with Gasteiger partial charge in [-0.05, 0) is 33.3 Å². The van der Waals surface area contributed by atoms with E-state index in [1.807, 2.05) is 4.90 Å². The van der Waals surface area contributed by atoms with Crippen LogP contribution >= 0.6 is 0 Å². The van der Waals surface area contributed by atoms with E-state index in [9.17, 15) is 4.79 Å². The highest BCUT2D eigenvalue weighted by molar-refractivity contribution is 5.78. The van der Waals surface area contributed by atoms with E-state index >= 15 is 0 Å². The van der Waals surface area contributed by atoms with Gasteiger partial charge < -0.3 is 5.32 Å². The monoisotopic (exact) mass is 206 g/mol. The smallest absolute Gasteiger partial charge is 0.321 e. The molecule has 1 aliphatic carbocycles. The molecule has 0 bridgehead atoms. The molecule has 1 N–H and O–H groups in total. The van der Waals surface area contributed by atoms with E-state index in [0.29, 0.717) is 5.92 Å². The van der Waals surface area contributed by atoms with Crippen LogP contribution in [-0.2, 0) is 0 Å². The zero-order valence-electron chi connectivity index (χ0n) is 9.58. The number of nitrogens with zero attached hydrogens (tertiary/aromatic N) is 1. The highest BCUT2D eigenvalue weighted by atomic mass is 16.2. The lowest BCUT2D eigenvalue weighted by Gasteiger charge is -2.39. The largest absolute Gasteiger partial charge is 0.337 e. The zero-order chi connectivity index (χ0) is 11.0. The Balaban J connectivity index is 2.33. The summed E-state index contributed by atoms with van der Waals surface area (Å²) in [7, 11) is 0. The van der Waals surface area contributed by atoms with Gasteiger partial charge in [0.1, 0.15) is 0 Å². The predicted molar refractivity (Wildman–Crippen MR) is 60.3 cm³/mol.